The van der Waals surface area contributed by atoms with Crippen LogP contribution in [0.25, 0.3) is 0 Å². The summed E-state index contributed by atoms with van der Waals surface area (Å²) in [5, 5.41) is 13.1. The fourth-order valence-electron chi connectivity index (χ4n) is 3.05. The highest BCUT2D eigenvalue weighted by molar-refractivity contribution is 9.10. The summed E-state index contributed by atoms with van der Waals surface area (Å²) in [6, 6.07) is 4.26. The summed E-state index contributed by atoms with van der Waals surface area (Å²) in [5.74, 6) is 1.04. The van der Waals surface area contributed by atoms with E-state index in [-0.39, 0.29) is 12.1 Å². The number of aliphatic hydroxyl groups is 1. The molecular formula is C14H18BrNO2. The van der Waals surface area contributed by atoms with Crippen LogP contribution in [-0.4, -0.2) is 30.4 Å². The maximum Gasteiger partial charge on any atom is 0.125 e. The monoisotopic (exact) mass is 311 g/mol. The average Bonchev–Trinajstić information content (AvgIpc) is 2.98. The van der Waals surface area contributed by atoms with Gasteiger partial charge in [0, 0.05) is 16.4 Å². The number of hydrogen-bond acceptors (Lipinski definition) is 3. The van der Waals surface area contributed by atoms with Gasteiger partial charge in [-0.3, -0.25) is 0 Å². The zero-order chi connectivity index (χ0) is 12.6. The van der Waals surface area contributed by atoms with Crippen LogP contribution in [0.4, 0.5) is 0 Å². The first-order valence-corrected chi connectivity index (χ1v) is 7.32. The molecule has 0 aliphatic carbocycles. The molecule has 1 saturated heterocycles. The molecule has 0 amide bonds. The molecule has 0 radical (unpaired) electrons. The Morgan fingerprint density at radius 1 is 1.44 bits per heavy atom. The van der Waals surface area contributed by atoms with Crippen molar-refractivity contribution < 1.29 is 9.84 Å². The molecule has 3 nitrogen and oxygen atoms in total. The van der Waals surface area contributed by atoms with Gasteiger partial charge in [0.2, 0.25) is 0 Å². The fourth-order valence-corrected chi connectivity index (χ4v) is 3.61. The fraction of sp³-hybridized carbons (Fsp3) is 0.571. The lowest BCUT2D eigenvalue weighted by atomic mass is 9.89. The molecule has 2 aliphatic rings. The van der Waals surface area contributed by atoms with Crippen molar-refractivity contribution >= 4 is 15.9 Å². The Morgan fingerprint density at radius 2 is 2.33 bits per heavy atom. The van der Waals surface area contributed by atoms with E-state index >= 15 is 0 Å². The lowest BCUT2D eigenvalue weighted by Gasteiger charge is -2.28. The zero-order valence-electron chi connectivity index (χ0n) is 10.3. The molecule has 1 fully saturated rings. The van der Waals surface area contributed by atoms with Gasteiger partial charge in [-0.05, 0) is 49.1 Å². The maximum absolute atomic E-state index is 9.68. The highest BCUT2D eigenvalue weighted by Crippen LogP contribution is 2.36. The van der Waals surface area contributed by atoms with Crippen molar-refractivity contribution in [3.8, 4) is 5.75 Å². The number of ether oxygens (including phenoxy) is 1. The number of nitrogens with one attached hydrogen (secondary N) is 1. The van der Waals surface area contributed by atoms with Crippen LogP contribution in [-0.2, 0) is 12.8 Å². The Balaban J connectivity index is 1.92. The van der Waals surface area contributed by atoms with Crippen LogP contribution in [0, 0.1) is 0 Å². The van der Waals surface area contributed by atoms with Crippen LogP contribution in [0.15, 0.2) is 16.6 Å². The van der Waals surface area contributed by atoms with Crippen LogP contribution in [0.1, 0.15) is 24.0 Å². The first kappa shape index (κ1) is 12.5. The van der Waals surface area contributed by atoms with Gasteiger partial charge >= 0.3 is 0 Å². The third kappa shape index (κ3) is 2.17. The molecule has 0 aromatic heterocycles. The number of fused-ring (bicyclic) bond motifs is 1. The Labute approximate surface area is 116 Å². The SMILES string of the molecule is OCC1(Cc2cc(Br)cc3c2OCC3)CCCN1. The standard InChI is InChI=1S/C14H18BrNO2/c15-12-6-10-2-5-18-13(10)11(7-12)8-14(9-17)3-1-4-16-14/h6-7,16-17H,1-5,8-9H2. The molecule has 1 unspecified atom stereocenters. The third-order valence-corrected chi connectivity index (χ3v) is 4.45. The van der Waals surface area contributed by atoms with Crippen LogP contribution < -0.4 is 10.1 Å². The van der Waals surface area contributed by atoms with Gasteiger partial charge in [0.25, 0.3) is 0 Å². The van der Waals surface area contributed by atoms with E-state index in [4.69, 9.17) is 4.74 Å². The van der Waals surface area contributed by atoms with Crippen LogP contribution in [0.2, 0.25) is 0 Å². The van der Waals surface area contributed by atoms with Crippen molar-refractivity contribution in [2.24, 2.45) is 0 Å². The molecule has 0 spiro atoms. The molecule has 1 aromatic rings. The third-order valence-electron chi connectivity index (χ3n) is 3.99. The summed E-state index contributed by atoms with van der Waals surface area (Å²) in [4.78, 5) is 0. The quantitative estimate of drug-likeness (QED) is 0.897. The summed E-state index contributed by atoms with van der Waals surface area (Å²) in [7, 11) is 0. The predicted molar refractivity (Wildman–Crippen MR) is 74.1 cm³/mol. The smallest absolute Gasteiger partial charge is 0.125 e. The summed E-state index contributed by atoms with van der Waals surface area (Å²) >= 11 is 3.57. The lowest BCUT2D eigenvalue weighted by molar-refractivity contribution is 0.176. The van der Waals surface area contributed by atoms with Gasteiger partial charge in [-0.2, -0.15) is 0 Å². The Hall–Kier alpha value is -0.580. The largest absolute Gasteiger partial charge is 0.493 e. The van der Waals surface area contributed by atoms with Gasteiger partial charge in [0.15, 0.2) is 0 Å². The van der Waals surface area contributed by atoms with Crippen LogP contribution in [0.3, 0.4) is 0 Å². The van der Waals surface area contributed by atoms with Gasteiger partial charge in [-0.25, -0.2) is 0 Å². The van der Waals surface area contributed by atoms with Crippen molar-refractivity contribution in [2.45, 2.75) is 31.2 Å². The Bertz CT molecular complexity index is 455. The highest BCUT2D eigenvalue weighted by atomic mass is 79.9. The Morgan fingerprint density at radius 3 is 3.06 bits per heavy atom. The van der Waals surface area contributed by atoms with Crippen LogP contribution >= 0.6 is 15.9 Å². The molecule has 98 valence electrons. The number of rotatable bonds is 3. The summed E-state index contributed by atoms with van der Waals surface area (Å²) in [6.45, 7) is 1.96. The van der Waals surface area contributed by atoms with Gasteiger partial charge in [-0.1, -0.05) is 15.9 Å². The lowest BCUT2D eigenvalue weighted by Crippen LogP contribution is -2.45. The molecule has 2 heterocycles. The second kappa shape index (κ2) is 4.83. The second-order valence-corrected chi connectivity index (χ2v) is 6.21. The normalized spacial score (nSPS) is 26.1. The summed E-state index contributed by atoms with van der Waals surface area (Å²) in [6.07, 6.45) is 4.00. The van der Waals surface area contributed by atoms with E-state index in [1.54, 1.807) is 0 Å². The number of benzene rings is 1. The number of aliphatic hydroxyl groups excluding tert-OH is 1. The first-order valence-electron chi connectivity index (χ1n) is 6.52. The minimum Gasteiger partial charge on any atom is -0.493 e. The van der Waals surface area contributed by atoms with E-state index < -0.39 is 0 Å². The van der Waals surface area contributed by atoms with Crippen molar-refractivity contribution in [3.05, 3.63) is 27.7 Å². The molecule has 18 heavy (non-hydrogen) atoms. The van der Waals surface area contributed by atoms with E-state index in [9.17, 15) is 5.11 Å². The molecular weight excluding hydrogens is 294 g/mol. The molecule has 1 aromatic carbocycles. The maximum atomic E-state index is 9.68. The van der Waals surface area contributed by atoms with Gasteiger partial charge in [-0.15, -0.1) is 0 Å². The van der Waals surface area contributed by atoms with E-state index in [1.165, 1.54) is 11.1 Å². The zero-order valence-corrected chi connectivity index (χ0v) is 11.9. The number of halogens is 1. The minimum atomic E-state index is -0.152. The van der Waals surface area contributed by atoms with Crippen LogP contribution in [0.5, 0.6) is 5.75 Å². The van der Waals surface area contributed by atoms with E-state index in [2.05, 4.69) is 33.4 Å². The molecule has 2 N–H and O–H groups in total. The number of hydrogen-bond donors (Lipinski definition) is 2. The topological polar surface area (TPSA) is 41.5 Å². The van der Waals surface area contributed by atoms with Gasteiger partial charge < -0.3 is 15.2 Å². The van der Waals surface area contributed by atoms with Crippen molar-refractivity contribution in [2.75, 3.05) is 19.8 Å². The van der Waals surface area contributed by atoms with E-state index in [1.807, 2.05) is 0 Å². The molecule has 0 saturated carbocycles. The van der Waals surface area contributed by atoms with Crippen molar-refractivity contribution in [1.82, 2.24) is 5.32 Å². The van der Waals surface area contributed by atoms with Gasteiger partial charge in [0.05, 0.1) is 13.2 Å². The van der Waals surface area contributed by atoms with Gasteiger partial charge in [0.1, 0.15) is 5.75 Å². The second-order valence-electron chi connectivity index (χ2n) is 5.30. The first-order chi connectivity index (χ1) is 8.72. The molecule has 0 bridgehead atoms. The van der Waals surface area contributed by atoms with E-state index in [0.717, 1.165) is 49.1 Å². The molecule has 3 rings (SSSR count). The highest BCUT2D eigenvalue weighted by Gasteiger charge is 2.34. The predicted octanol–water partition coefficient (Wildman–Crippen LogP) is 2.04. The molecule has 1 atom stereocenters. The van der Waals surface area contributed by atoms with Crippen molar-refractivity contribution in [3.63, 3.8) is 0 Å². The summed E-state index contributed by atoms with van der Waals surface area (Å²) < 4.78 is 6.86. The average molecular weight is 312 g/mol. The Kier molecular flexibility index (Phi) is 3.34. The minimum absolute atomic E-state index is 0.152. The molecule has 2 aliphatic heterocycles. The molecule has 4 heteroatoms. The summed E-state index contributed by atoms with van der Waals surface area (Å²) in [5.41, 5.74) is 2.34. The van der Waals surface area contributed by atoms with E-state index in [0.29, 0.717) is 0 Å². The van der Waals surface area contributed by atoms with Crippen molar-refractivity contribution in [1.29, 1.82) is 0 Å².